The molecule has 1 aliphatic heterocycles. The minimum Gasteiger partial charge on any atom is -0.372 e. The fraction of sp³-hybridized carbons (Fsp3) is 0.600. The number of carbonyl (C=O) groups excluding carboxylic acids is 1. The van der Waals surface area contributed by atoms with Crippen LogP contribution in [0.5, 0.6) is 0 Å². The van der Waals surface area contributed by atoms with Crippen LogP contribution in [0.3, 0.4) is 0 Å². The predicted molar refractivity (Wildman–Crippen MR) is 98.2 cm³/mol. The quantitative estimate of drug-likeness (QED) is 0.830. The Morgan fingerprint density at radius 2 is 2.20 bits per heavy atom. The van der Waals surface area contributed by atoms with Gasteiger partial charge in [0, 0.05) is 25.3 Å². The molecule has 0 unspecified atom stereocenters. The summed E-state index contributed by atoms with van der Waals surface area (Å²) in [5.74, 6) is 0. The number of carbonyl (C=O) groups is 1. The Hall–Kier alpha value is -1.88. The fourth-order valence-corrected chi connectivity index (χ4v) is 3.54. The molecular weight excluding hydrogens is 314 g/mol. The van der Waals surface area contributed by atoms with Crippen molar-refractivity contribution in [1.29, 1.82) is 0 Å². The Balaban J connectivity index is 1.39. The van der Waals surface area contributed by atoms with Crippen molar-refractivity contribution in [3.05, 3.63) is 41.7 Å². The van der Waals surface area contributed by atoms with Crippen molar-refractivity contribution in [2.75, 3.05) is 13.1 Å². The standard InChI is InChI=1S/C20H29N3O2/c1-16(17-7-3-2-4-8-17)22-20(24)23-13-10-19(11-14-23)25-15-18-9-5-6-12-21-18/h5-7,9,12,16,19H,2-4,8,10-11,13-15H2,1H3,(H,22,24)/t16-/m1/s1. The molecule has 0 radical (unpaired) electrons. The number of hydrogen-bond donors (Lipinski definition) is 1. The number of amides is 2. The Kier molecular flexibility index (Phi) is 6.45. The van der Waals surface area contributed by atoms with Gasteiger partial charge in [-0.1, -0.05) is 17.7 Å². The summed E-state index contributed by atoms with van der Waals surface area (Å²) in [4.78, 5) is 18.7. The summed E-state index contributed by atoms with van der Waals surface area (Å²) in [7, 11) is 0. The van der Waals surface area contributed by atoms with Gasteiger partial charge >= 0.3 is 6.03 Å². The summed E-state index contributed by atoms with van der Waals surface area (Å²) in [6.07, 6.45) is 10.8. The number of rotatable bonds is 5. The average molecular weight is 343 g/mol. The summed E-state index contributed by atoms with van der Waals surface area (Å²) in [6.45, 7) is 4.15. The van der Waals surface area contributed by atoms with Crippen LogP contribution in [0.1, 0.15) is 51.1 Å². The van der Waals surface area contributed by atoms with E-state index in [0.29, 0.717) is 6.61 Å². The smallest absolute Gasteiger partial charge is 0.317 e. The highest BCUT2D eigenvalue weighted by Gasteiger charge is 2.24. The largest absolute Gasteiger partial charge is 0.372 e. The van der Waals surface area contributed by atoms with Crippen molar-refractivity contribution in [2.24, 2.45) is 0 Å². The number of nitrogens with one attached hydrogen (secondary N) is 1. The van der Waals surface area contributed by atoms with Gasteiger partial charge in [0.25, 0.3) is 0 Å². The number of ether oxygens (including phenoxy) is 1. The zero-order valence-electron chi connectivity index (χ0n) is 15.1. The first-order chi connectivity index (χ1) is 12.2. The molecule has 2 heterocycles. The first kappa shape index (κ1) is 17.9. The van der Waals surface area contributed by atoms with Crippen LogP contribution < -0.4 is 5.32 Å². The van der Waals surface area contributed by atoms with E-state index in [9.17, 15) is 4.79 Å². The molecule has 1 aliphatic carbocycles. The van der Waals surface area contributed by atoms with Crippen molar-refractivity contribution < 1.29 is 9.53 Å². The molecule has 1 N–H and O–H groups in total. The van der Waals surface area contributed by atoms with Crippen LogP contribution in [-0.4, -0.2) is 41.2 Å². The molecule has 1 atom stereocenters. The van der Waals surface area contributed by atoms with Crippen LogP contribution in [0.4, 0.5) is 4.79 Å². The van der Waals surface area contributed by atoms with Gasteiger partial charge in [0.2, 0.25) is 0 Å². The summed E-state index contributed by atoms with van der Waals surface area (Å²) < 4.78 is 5.94. The Morgan fingerprint density at radius 1 is 1.36 bits per heavy atom. The maximum absolute atomic E-state index is 12.5. The average Bonchev–Trinajstić information content (AvgIpc) is 2.68. The SMILES string of the molecule is C[C@@H](NC(=O)N1CCC(OCc2ccccn2)CC1)C1=CCCCC1. The third-order valence-electron chi connectivity index (χ3n) is 5.14. The van der Waals surface area contributed by atoms with Crippen molar-refractivity contribution in [1.82, 2.24) is 15.2 Å². The van der Waals surface area contributed by atoms with E-state index >= 15 is 0 Å². The van der Waals surface area contributed by atoms with E-state index < -0.39 is 0 Å². The lowest BCUT2D eigenvalue weighted by Crippen LogP contribution is -2.48. The zero-order valence-corrected chi connectivity index (χ0v) is 15.1. The van der Waals surface area contributed by atoms with Gasteiger partial charge in [0.1, 0.15) is 0 Å². The summed E-state index contributed by atoms with van der Waals surface area (Å²) in [5, 5.41) is 3.16. The van der Waals surface area contributed by atoms with Crippen LogP contribution in [0.2, 0.25) is 0 Å². The highest BCUT2D eigenvalue weighted by atomic mass is 16.5. The number of hydrogen-bond acceptors (Lipinski definition) is 3. The molecule has 1 fully saturated rings. The van der Waals surface area contributed by atoms with E-state index in [0.717, 1.165) is 44.5 Å². The van der Waals surface area contributed by atoms with Crippen LogP contribution >= 0.6 is 0 Å². The minimum absolute atomic E-state index is 0.0575. The van der Waals surface area contributed by atoms with Crippen molar-refractivity contribution in [3.63, 3.8) is 0 Å². The molecule has 25 heavy (non-hydrogen) atoms. The first-order valence-corrected chi connectivity index (χ1v) is 9.48. The van der Waals surface area contributed by atoms with Gasteiger partial charge in [0.05, 0.1) is 18.4 Å². The number of pyridine rings is 1. The van der Waals surface area contributed by atoms with E-state index in [1.165, 1.54) is 18.4 Å². The maximum Gasteiger partial charge on any atom is 0.317 e. The topological polar surface area (TPSA) is 54.5 Å². The van der Waals surface area contributed by atoms with E-state index in [1.54, 1.807) is 6.20 Å². The molecule has 0 bridgehead atoms. The second-order valence-corrected chi connectivity index (χ2v) is 7.01. The summed E-state index contributed by atoms with van der Waals surface area (Å²) >= 11 is 0. The van der Waals surface area contributed by atoms with Crippen LogP contribution in [0.25, 0.3) is 0 Å². The van der Waals surface area contributed by atoms with Gasteiger partial charge in [-0.2, -0.15) is 0 Å². The molecule has 3 rings (SSSR count). The maximum atomic E-state index is 12.5. The summed E-state index contributed by atoms with van der Waals surface area (Å²) in [6, 6.07) is 6.06. The molecule has 1 saturated heterocycles. The Morgan fingerprint density at radius 3 is 2.88 bits per heavy atom. The van der Waals surface area contributed by atoms with Gasteiger partial charge in [-0.15, -0.1) is 0 Å². The van der Waals surface area contributed by atoms with E-state index in [2.05, 4.69) is 23.3 Å². The van der Waals surface area contributed by atoms with Crippen molar-refractivity contribution in [3.8, 4) is 0 Å². The lowest BCUT2D eigenvalue weighted by Gasteiger charge is -2.33. The van der Waals surface area contributed by atoms with E-state index in [1.807, 2.05) is 23.1 Å². The number of urea groups is 1. The van der Waals surface area contributed by atoms with Gasteiger partial charge in [-0.3, -0.25) is 4.98 Å². The van der Waals surface area contributed by atoms with Crippen LogP contribution in [-0.2, 0) is 11.3 Å². The van der Waals surface area contributed by atoms with Crippen LogP contribution in [0.15, 0.2) is 36.0 Å². The number of piperidine rings is 1. The highest BCUT2D eigenvalue weighted by Crippen LogP contribution is 2.21. The molecule has 0 aromatic carbocycles. The molecule has 1 aromatic rings. The second kappa shape index (κ2) is 8.99. The third-order valence-corrected chi connectivity index (χ3v) is 5.14. The zero-order chi connectivity index (χ0) is 17.5. The number of nitrogens with zero attached hydrogens (tertiary/aromatic N) is 2. The van der Waals surface area contributed by atoms with Gasteiger partial charge in [-0.25, -0.2) is 4.79 Å². The molecule has 136 valence electrons. The second-order valence-electron chi connectivity index (χ2n) is 7.01. The minimum atomic E-state index is 0.0575. The molecule has 0 spiro atoms. The molecule has 1 aromatic heterocycles. The molecule has 0 saturated carbocycles. The third kappa shape index (κ3) is 5.30. The highest BCUT2D eigenvalue weighted by molar-refractivity contribution is 5.75. The Labute approximate surface area is 150 Å². The monoisotopic (exact) mass is 343 g/mol. The Bertz CT molecular complexity index is 580. The van der Waals surface area contributed by atoms with E-state index in [4.69, 9.17) is 4.74 Å². The van der Waals surface area contributed by atoms with Gasteiger partial charge in [-0.05, 0) is 57.6 Å². The molecule has 5 nitrogen and oxygen atoms in total. The molecular formula is C20H29N3O2. The summed E-state index contributed by atoms with van der Waals surface area (Å²) in [5.41, 5.74) is 2.34. The first-order valence-electron chi connectivity index (χ1n) is 9.48. The van der Waals surface area contributed by atoms with Crippen molar-refractivity contribution in [2.45, 2.75) is 64.2 Å². The van der Waals surface area contributed by atoms with Gasteiger partial charge in [0.15, 0.2) is 0 Å². The molecule has 2 amide bonds. The lowest BCUT2D eigenvalue weighted by atomic mass is 9.95. The predicted octanol–water partition coefficient (Wildman–Crippen LogP) is 3.66. The number of likely N-dealkylation sites (tertiary alicyclic amines) is 1. The fourth-order valence-electron chi connectivity index (χ4n) is 3.54. The number of allylic oxidation sites excluding steroid dienone is 1. The molecule has 5 heteroatoms. The molecule has 2 aliphatic rings. The lowest BCUT2D eigenvalue weighted by molar-refractivity contribution is 0.00299. The van der Waals surface area contributed by atoms with E-state index in [-0.39, 0.29) is 18.2 Å². The van der Waals surface area contributed by atoms with Gasteiger partial charge < -0.3 is 15.0 Å². The van der Waals surface area contributed by atoms with Crippen LogP contribution in [0, 0.1) is 0 Å². The number of aromatic nitrogens is 1. The van der Waals surface area contributed by atoms with Crippen molar-refractivity contribution >= 4 is 6.03 Å². The normalized spacial score (nSPS) is 20.0.